The first-order valence-corrected chi connectivity index (χ1v) is 11.5. The van der Waals surface area contributed by atoms with Crippen LogP contribution in [0.1, 0.15) is 19.0 Å². The van der Waals surface area contributed by atoms with Gasteiger partial charge in [0.1, 0.15) is 12.0 Å². The van der Waals surface area contributed by atoms with Gasteiger partial charge in [-0.25, -0.2) is 18.4 Å². The maximum Gasteiger partial charge on any atom is 0.226 e. The highest BCUT2D eigenvalue weighted by atomic mass is 32.2. The predicted molar refractivity (Wildman–Crippen MR) is 118 cm³/mol. The summed E-state index contributed by atoms with van der Waals surface area (Å²) in [4.78, 5) is 9.32. The molecule has 0 saturated heterocycles. The van der Waals surface area contributed by atoms with Crippen molar-refractivity contribution in [3.05, 3.63) is 72.6 Å². The smallest absolute Gasteiger partial charge is 0.226 e. The van der Waals surface area contributed by atoms with Crippen molar-refractivity contribution in [2.75, 3.05) is 18.8 Å². The van der Waals surface area contributed by atoms with Crippen LogP contribution in [0.5, 0.6) is 0 Å². The van der Waals surface area contributed by atoms with Crippen LogP contribution in [0.2, 0.25) is 0 Å². The van der Waals surface area contributed by atoms with Crippen LogP contribution in [-0.2, 0) is 16.4 Å². The third-order valence-electron chi connectivity index (χ3n) is 4.30. The van der Waals surface area contributed by atoms with Gasteiger partial charge in [0.25, 0.3) is 0 Å². The number of guanidine groups is 1. The lowest BCUT2D eigenvalue weighted by molar-refractivity contribution is 0.572. The summed E-state index contributed by atoms with van der Waals surface area (Å²) in [5, 5.41) is 6.32. The summed E-state index contributed by atoms with van der Waals surface area (Å²) in [6.45, 7) is 3.52. The summed E-state index contributed by atoms with van der Waals surface area (Å²) in [6, 6.07) is 18.2. The van der Waals surface area contributed by atoms with Crippen molar-refractivity contribution >= 4 is 15.8 Å². The lowest BCUT2D eigenvalue weighted by Crippen LogP contribution is -2.38. The first kappa shape index (κ1) is 21.6. The van der Waals surface area contributed by atoms with Gasteiger partial charge < -0.3 is 15.1 Å². The van der Waals surface area contributed by atoms with Gasteiger partial charge in [-0.1, -0.05) is 36.4 Å². The van der Waals surface area contributed by atoms with Crippen molar-refractivity contribution in [1.29, 1.82) is 0 Å². The van der Waals surface area contributed by atoms with Crippen molar-refractivity contribution < 1.29 is 12.8 Å². The number of hydrogen-bond donors (Lipinski definition) is 2. The minimum atomic E-state index is -3.27. The zero-order valence-corrected chi connectivity index (χ0v) is 17.7. The minimum Gasteiger partial charge on any atom is -0.444 e. The fourth-order valence-electron chi connectivity index (χ4n) is 2.81. The first-order valence-electron chi connectivity index (χ1n) is 9.88. The highest BCUT2D eigenvalue weighted by molar-refractivity contribution is 7.91. The first-order chi connectivity index (χ1) is 14.6. The molecular weight excluding hydrogens is 400 g/mol. The molecule has 0 spiro atoms. The zero-order chi connectivity index (χ0) is 21.2. The fraction of sp³-hybridized carbons (Fsp3) is 0.273. The van der Waals surface area contributed by atoms with Gasteiger partial charge in [-0.15, -0.1) is 0 Å². The topological polar surface area (TPSA) is 96.6 Å². The van der Waals surface area contributed by atoms with Gasteiger partial charge in [-0.05, 0) is 37.6 Å². The van der Waals surface area contributed by atoms with Crippen molar-refractivity contribution in [2.45, 2.75) is 24.8 Å². The lowest BCUT2D eigenvalue weighted by atomic mass is 10.2. The standard InChI is InChI=1S/C22H26N4O3S/c1-2-23-22(24-14-9-15-30(27,28)20-12-7-4-8-13-20)25-16-19-17-29-21(26-19)18-10-5-3-6-11-18/h3-8,10-13,17H,2,9,14-16H2,1H3,(H2,23,24,25). The van der Waals surface area contributed by atoms with E-state index in [-0.39, 0.29) is 5.75 Å². The minimum absolute atomic E-state index is 0.0765. The molecule has 2 aromatic carbocycles. The Morgan fingerprint density at radius 1 is 1.03 bits per heavy atom. The summed E-state index contributed by atoms with van der Waals surface area (Å²) >= 11 is 0. The van der Waals surface area contributed by atoms with Gasteiger partial charge in [0.2, 0.25) is 5.89 Å². The average Bonchev–Trinajstić information content (AvgIpc) is 3.25. The SMILES string of the molecule is CCNC(=NCc1coc(-c2ccccc2)n1)NCCCS(=O)(=O)c1ccccc1. The summed E-state index contributed by atoms with van der Waals surface area (Å²) in [7, 11) is -3.27. The Bertz CT molecular complexity index is 1050. The molecule has 7 nitrogen and oxygen atoms in total. The summed E-state index contributed by atoms with van der Waals surface area (Å²) in [5.41, 5.74) is 1.63. The Morgan fingerprint density at radius 3 is 2.43 bits per heavy atom. The normalized spacial score (nSPS) is 12.0. The average molecular weight is 427 g/mol. The van der Waals surface area contributed by atoms with Crippen molar-refractivity contribution in [3.63, 3.8) is 0 Å². The second-order valence-electron chi connectivity index (χ2n) is 6.62. The van der Waals surface area contributed by atoms with E-state index in [0.29, 0.717) is 42.8 Å². The van der Waals surface area contributed by atoms with Crippen molar-refractivity contribution in [3.8, 4) is 11.5 Å². The van der Waals surface area contributed by atoms with Crippen molar-refractivity contribution in [2.24, 2.45) is 4.99 Å². The molecule has 0 aliphatic heterocycles. The molecule has 0 atom stereocenters. The Labute approximate surface area is 177 Å². The third kappa shape index (κ3) is 6.18. The Morgan fingerprint density at radius 2 is 1.73 bits per heavy atom. The highest BCUT2D eigenvalue weighted by Crippen LogP contribution is 2.18. The monoisotopic (exact) mass is 426 g/mol. The van der Waals surface area contributed by atoms with E-state index in [1.165, 1.54) is 0 Å². The number of aliphatic imine (C=N–C) groups is 1. The molecule has 0 fully saturated rings. The number of hydrogen-bond acceptors (Lipinski definition) is 5. The molecule has 0 aliphatic rings. The van der Waals surface area contributed by atoms with Crippen molar-refractivity contribution in [1.82, 2.24) is 15.6 Å². The van der Waals surface area contributed by atoms with Gasteiger partial charge in [0, 0.05) is 18.7 Å². The largest absolute Gasteiger partial charge is 0.444 e. The summed E-state index contributed by atoms with van der Waals surface area (Å²) in [6.07, 6.45) is 2.07. The molecule has 2 N–H and O–H groups in total. The van der Waals surface area contributed by atoms with E-state index in [1.807, 2.05) is 37.3 Å². The molecular formula is C22H26N4O3S. The van der Waals surface area contributed by atoms with Crippen LogP contribution < -0.4 is 10.6 Å². The van der Waals surface area contributed by atoms with Gasteiger partial charge in [0.05, 0.1) is 17.2 Å². The van der Waals surface area contributed by atoms with Crippen LogP contribution in [0.3, 0.4) is 0 Å². The Kier molecular flexibility index (Phi) is 7.62. The van der Waals surface area contributed by atoms with Crippen LogP contribution in [0.15, 0.2) is 81.2 Å². The number of sulfone groups is 1. The second kappa shape index (κ2) is 10.6. The number of nitrogens with zero attached hydrogens (tertiary/aromatic N) is 2. The second-order valence-corrected chi connectivity index (χ2v) is 8.73. The van der Waals surface area contributed by atoms with E-state index >= 15 is 0 Å². The lowest BCUT2D eigenvalue weighted by Gasteiger charge is -2.11. The molecule has 0 bridgehead atoms. The van der Waals surface area contributed by atoms with E-state index in [4.69, 9.17) is 4.42 Å². The molecule has 0 aliphatic carbocycles. The van der Waals surface area contributed by atoms with Crippen LogP contribution in [0, 0.1) is 0 Å². The molecule has 0 amide bonds. The van der Waals surface area contributed by atoms with E-state index in [0.717, 1.165) is 11.3 Å². The summed E-state index contributed by atoms with van der Waals surface area (Å²) < 4.78 is 30.2. The molecule has 30 heavy (non-hydrogen) atoms. The maximum absolute atomic E-state index is 12.3. The molecule has 0 radical (unpaired) electrons. The fourth-order valence-corrected chi connectivity index (χ4v) is 4.14. The van der Waals surface area contributed by atoms with Gasteiger partial charge in [0.15, 0.2) is 15.8 Å². The van der Waals surface area contributed by atoms with E-state index < -0.39 is 9.84 Å². The molecule has 1 heterocycles. The van der Waals surface area contributed by atoms with Gasteiger partial charge in [-0.3, -0.25) is 0 Å². The molecule has 1 aromatic heterocycles. The molecule has 3 aromatic rings. The maximum atomic E-state index is 12.3. The quantitative estimate of drug-likeness (QED) is 0.310. The van der Waals surface area contributed by atoms with Crippen LogP contribution in [0.4, 0.5) is 0 Å². The highest BCUT2D eigenvalue weighted by Gasteiger charge is 2.13. The number of rotatable bonds is 9. The molecule has 158 valence electrons. The van der Waals surface area contributed by atoms with Gasteiger partial charge in [-0.2, -0.15) is 0 Å². The van der Waals surface area contributed by atoms with Crippen LogP contribution in [0.25, 0.3) is 11.5 Å². The van der Waals surface area contributed by atoms with E-state index in [2.05, 4.69) is 20.6 Å². The predicted octanol–water partition coefficient (Wildman–Crippen LogP) is 3.26. The third-order valence-corrected chi connectivity index (χ3v) is 6.12. The van der Waals surface area contributed by atoms with E-state index in [1.54, 1.807) is 36.6 Å². The van der Waals surface area contributed by atoms with Gasteiger partial charge >= 0.3 is 0 Å². The van der Waals surface area contributed by atoms with E-state index in [9.17, 15) is 8.42 Å². The molecule has 3 rings (SSSR count). The Balaban J connectivity index is 1.52. The molecule has 8 heteroatoms. The van der Waals surface area contributed by atoms with Crippen LogP contribution in [-0.4, -0.2) is 38.2 Å². The summed E-state index contributed by atoms with van der Waals surface area (Å²) in [5.74, 6) is 1.25. The number of aromatic nitrogens is 1. The number of nitrogens with one attached hydrogen (secondary N) is 2. The molecule has 0 saturated carbocycles. The van der Waals surface area contributed by atoms with Crippen LogP contribution >= 0.6 is 0 Å². The number of benzene rings is 2. The molecule has 0 unspecified atom stereocenters. The Hall–Kier alpha value is -3.13. The zero-order valence-electron chi connectivity index (χ0n) is 16.9. The number of oxazole rings is 1.